The summed E-state index contributed by atoms with van der Waals surface area (Å²) in [6.07, 6.45) is 2.38. The zero-order valence-corrected chi connectivity index (χ0v) is 9.68. The Morgan fingerprint density at radius 2 is 2.36 bits per heavy atom. The standard InChI is InChI=1S/C11H15BrN2/c12-9-2-3-10-8(7-9)1-4-11(10)14-6-5-13/h2-3,7,11,14H,1,4-6,13H2. The van der Waals surface area contributed by atoms with Gasteiger partial charge in [-0.15, -0.1) is 0 Å². The van der Waals surface area contributed by atoms with Gasteiger partial charge in [0, 0.05) is 23.6 Å². The number of halogens is 1. The van der Waals surface area contributed by atoms with E-state index in [0.29, 0.717) is 12.6 Å². The van der Waals surface area contributed by atoms with E-state index in [9.17, 15) is 0 Å². The van der Waals surface area contributed by atoms with Crippen molar-refractivity contribution in [3.05, 3.63) is 33.8 Å². The molecule has 0 aromatic heterocycles. The minimum atomic E-state index is 0.515. The number of rotatable bonds is 3. The van der Waals surface area contributed by atoms with Crippen molar-refractivity contribution in [2.24, 2.45) is 5.73 Å². The smallest absolute Gasteiger partial charge is 0.0326 e. The van der Waals surface area contributed by atoms with Gasteiger partial charge in [-0.05, 0) is 36.1 Å². The van der Waals surface area contributed by atoms with E-state index < -0.39 is 0 Å². The van der Waals surface area contributed by atoms with Crippen LogP contribution < -0.4 is 11.1 Å². The van der Waals surface area contributed by atoms with Gasteiger partial charge in [-0.25, -0.2) is 0 Å². The van der Waals surface area contributed by atoms with Crippen LogP contribution in [0, 0.1) is 0 Å². The molecule has 0 bridgehead atoms. The van der Waals surface area contributed by atoms with E-state index in [1.165, 1.54) is 28.4 Å². The Balaban J connectivity index is 2.14. The Hall–Kier alpha value is -0.380. The van der Waals surface area contributed by atoms with Crippen LogP contribution in [0.3, 0.4) is 0 Å². The molecule has 0 amide bonds. The molecule has 0 spiro atoms. The van der Waals surface area contributed by atoms with E-state index in [4.69, 9.17) is 5.73 Å². The summed E-state index contributed by atoms with van der Waals surface area (Å²) >= 11 is 3.50. The number of hydrogen-bond donors (Lipinski definition) is 2. The minimum absolute atomic E-state index is 0.515. The molecule has 0 aliphatic heterocycles. The first-order valence-corrected chi connectivity index (χ1v) is 5.82. The van der Waals surface area contributed by atoms with Crippen LogP contribution in [0.2, 0.25) is 0 Å². The Bertz CT molecular complexity index is 325. The zero-order chi connectivity index (χ0) is 9.97. The quantitative estimate of drug-likeness (QED) is 0.866. The van der Waals surface area contributed by atoms with Crippen molar-refractivity contribution >= 4 is 15.9 Å². The normalized spacial score (nSPS) is 19.7. The number of nitrogens with one attached hydrogen (secondary N) is 1. The molecule has 0 radical (unpaired) electrons. The van der Waals surface area contributed by atoms with Crippen molar-refractivity contribution in [2.45, 2.75) is 18.9 Å². The summed E-state index contributed by atoms with van der Waals surface area (Å²) in [6, 6.07) is 7.06. The summed E-state index contributed by atoms with van der Waals surface area (Å²) < 4.78 is 1.18. The molecule has 0 saturated carbocycles. The largest absolute Gasteiger partial charge is 0.329 e. The van der Waals surface area contributed by atoms with Crippen LogP contribution in [-0.2, 0) is 6.42 Å². The van der Waals surface area contributed by atoms with E-state index in [-0.39, 0.29) is 0 Å². The molecule has 76 valence electrons. The fourth-order valence-electron chi connectivity index (χ4n) is 2.06. The molecule has 0 saturated heterocycles. The highest BCUT2D eigenvalue weighted by Gasteiger charge is 2.21. The first-order chi connectivity index (χ1) is 6.81. The molecule has 0 fully saturated rings. The Labute approximate surface area is 93.0 Å². The second kappa shape index (κ2) is 4.43. The first kappa shape index (κ1) is 10.1. The molecule has 3 heteroatoms. The van der Waals surface area contributed by atoms with Gasteiger partial charge in [0.15, 0.2) is 0 Å². The van der Waals surface area contributed by atoms with Crippen LogP contribution in [0.1, 0.15) is 23.6 Å². The highest BCUT2D eigenvalue weighted by Crippen LogP contribution is 2.32. The topological polar surface area (TPSA) is 38.0 Å². The molecule has 1 atom stereocenters. The van der Waals surface area contributed by atoms with Gasteiger partial charge < -0.3 is 11.1 Å². The maximum absolute atomic E-state index is 5.48. The number of hydrogen-bond acceptors (Lipinski definition) is 2. The summed E-state index contributed by atoms with van der Waals surface area (Å²) in [5, 5.41) is 3.47. The number of nitrogens with two attached hydrogens (primary N) is 1. The maximum atomic E-state index is 5.48. The SMILES string of the molecule is NCCNC1CCc2cc(Br)ccc21. The minimum Gasteiger partial charge on any atom is -0.329 e. The van der Waals surface area contributed by atoms with E-state index >= 15 is 0 Å². The van der Waals surface area contributed by atoms with E-state index in [0.717, 1.165) is 6.54 Å². The Morgan fingerprint density at radius 1 is 1.50 bits per heavy atom. The predicted octanol–water partition coefficient (Wildman–Crippen LogP) is 1.98. The van der Waals surface area contributed by atoms with E-state index in [1.807, 2.05) is 0 Å². The third kappa shape index (κ3) is 2.00. The van der Waals surface area contributed by atoms with E-state index in [2.05, 4.69) is 39.4 Å². The molecule has 1 unspecified atom stereocenters. The number of fused-ring (bicyclic) bond motifs is 1. The highest BCUT2D eigenvalue weighted by atomic mass is 79.9. The molecule has 1 aliphatic carbocycles. The van der Waals surface area contributed by atoms with Crippen molar-refractivity contribution in [1.82, 2.24) is 5.32 Å². The molecule has 1 aromatic rings. The summed E-state index contributed by atoms with van der Waals surface area (Å²) in [6.45, 7) is 1.61. The van der Waals surface area contributed by atoms with Crippen LogP contribution in [0.5, 0.6) is 0 Å². The van der Waals surface area contributed by atoms with Gasteiger partial charge in [0.05, 0.1) is 0 Å². The molecule has 3 N–H and O–H groups in total. The van der Waals surface area contributed by atoms with Gasteiger partial charge in [-0.3, -0.25) is 0 Å². The van der Waals surface area contributed by atoms with Crippen molar-refractivity contribution in [3.63, 3.8) is 0 Å². The van der Waals surface area contributed by atoms with Gasteiger partial charge >= 0.3 is 0 Å². The Kier molecular flexibility index (Phi) is 3.21. The monoisotopic (exact) mass is 254 g/mol. The fraction of sp³-hybridized carbons (Fsp3) is 0.455. The van der Waals surface area contributed by atoms with Gasteiger partial charge in [-0.2, -0.15) is 0 Å². The van der Waals surface area contributed by atoms with Crippen molar-refractivity contribution in [1.29, 1.82) is 0 Å². The van der Waals surface area contributed by atoms with Gasteiger partial charge in [0.2, 0.25) is 0 Å². The lowest BCUT2D eigenvalue weighted by Crippen LogP contribution is -2.25. The summed E-state index contributed by atoms with van der Waals surface area (Å²) in [5.41, 5.74) is 8.39. The zero-order valence-electron chi connectivity index (χ0n) is 8.09. The van der Waals surface area contributed by atoms with Gasteiger partial charge in [0.1, 0.15) is 0 Å². The summed E-state index contributed by atoms with van der Waals surface area (Å²) in [5.74, 6) is 0. The second-order valence-corrected chi connectivity index (χ2v) is 4.59. The fourth-order valence-corrected chi connectivity index (χ4v) is 2.46. The van der Waals surface area contributed by atoms with E-state index in [1.54, 1.807) is 0 Å². The van der Waals surface area contributed by atoms with Crippen molar-refractivity contribution in [3.8, 4) is 0 Å². The van der Waals surface area contributed by atoms with Crippen LogP contribution in [0.15, 0.2) is 22.7 Å². The lowest BCUT2D eigenvalue weighted by Gasteiger charge is -2.12. The lowest BCUT2D eigenvalue weighted by molar-refractivity contribution is 0.538. The number of benzene rings is 1. The molecular weight excluding hydrogens is 240 g/mol. The van der Waals surface area contributed by atoms with Crippen molar-refractivity contribution in [2.75, 3.05) is 13.1 Å². The van der Waals surface area contributed by atoms with Crippen molar-refractivity contribution < 1.29 is 0 Å². The summed E-state index contributed by atoms with van der Waals surface area (Å²) in [7, 11) is 0. The first-order valence-electron chi connectivity index (χ1n) is 5.03. The highest BCUT2D eigenvalue weighted by molar-refractivity contribution is 9.10. The van der Waals surface area contributed by atoms with Crippen LogP contribution >= 0.6 is 15.9 Å². The molecule has 1 aromatic carbocycles. The molecule has 14 heavy (non-hydrogen) atoms. The lowest BCUT2D eigenvalue weighted by atomic mass is 10.1. The van der Waals surface area contributed by atoms with Gasteiger partial charge in [-0.1, -0.05) is 22.0 Å². The predicted molar refractivity (Wildman–Crippen MR) is 62.3 cm³/mol. The third-order valence-electron chi connectivity index (χ3n) is 2.72. The third-order valence-corrected chi connectivity index (χ3v) is 3.21. The van der Waals surface area contributed by atoms with Crippen LogP contribution in [0.25, 0.3) is 0 Å². The second-order valence-electron chi connectivity index (χ2n) is 3.68. The average Bonchev–Trinajstić information content (AvgIpc) is 2.57. The molecule has 0 heterocycles. The van der Waals surface area contributed by atoms with Crippen LogP contribution in [-0.4, -0.2) is 13.1 Å². The van der Waals surface area contributed by atoms with Crippen LogP contribution in [0.4, 0.5) is 0 Å². The summed E-state index contributed by atoms with van der Waals surface area (Å²) in [4.78, 5) is 0. The molecule has 2 nitrogen and oxygen atoms in total. The molecule has 2 rings (SSSR count). The average molecular weight is 255 g/mol. The molecule has 1 aliphatic rings. The Morgan fingerprint density at radius 3 is 3.14 bits per heavy atom. The number of aryl methyl sites for hydroxylation is 1. The maximum Gasteiger partial charge on any atom is 0.0326 e. The molecular formula is C11H15BrN2. The van der Waals surface area contributed by atoms with Gasteiger partial charge in [0.25, 0.3) is 0 Å².